The summed E-state index contributed by atoms with van der Waals surface area (Å²) in [7, 11) is 0. The molecule has 1 heterocycles. The van der Waals surface area contributed by atoms with Crippen molar-refractivity contribution in [2.45, 2.75) is 6.92 Å². The van der Waals surface area contributed by atoms with E-state index in [2.05, 4.69) is 9.97 Å². The standard InChI is InChI=1S/C8H9N3O/c1-4-2-5-6(3-7(4)12)11-8(9)10-5/h2-3,12H,1H3,(H3,9,10,11). The first-order valence-electron chi connectivity index (χ1n) is 3.61. The first-order valence-corrected chi connectivity index (χ1v) is 3.61. The Bertz CT molecular complexity index is 394. The molecule has 4 nitrogen and oxygen atoms in total. The van der Waals surface area contributed by atoms with Crippen LogP contribution in [0.3, 0.4) is 0 Å². The highest BCUT2D eigenvalue weighted by atomic mass is 16.3. The molecule has 4 N–H and O–H groups in total. The number of hydrogen-bond acceptors (Lipinski definition) is 3. The van der Waals surface area contributed by atoms with Crippen LogP contribution in [0.15, 0.2) is 12.1 Å². The summed E-state index contributed by atoms with van der Waals surface area (Å²) in [6, 6.07) is 3.41. The number of rotatable bonds is 0. The molecule has 0 radical (unpaired) electrons. The van der Waals surface area contributed by atoms with Crippen LogP contribution in [-0.2, 0) is 0 Å². The van der Waals surface area contributed by atoms with Gasteiger partial charge in [-0.25, -0.2) is 4.98 Å². The third-order valence-corrected chi connectivity index (χ3v) is 1.82. The minimum atomic E-state index is 0.244. The van der Waals surface area contributed by atoms with E-state index in [1.165, 1.54) is 0 Å². The normalized spacial score (nSPS) is 10.8. The Morgan fingerprint density at radius 2 is 2.25 bits per heavy atom. The molecular formula is C8H9N3O. The number of anilines is 1. The number of nitrogen functional groups attached to an aromatic ring is 1. The van der Waals surface area contributed by atoms with Crippen molar-refractivity contribution in [3.05, 3.63) is 17.7 Å². The average Bonchev–Trinajstić information content (AvgIpc) is 2.30. The van der Waals surface area contributed by atoms with Gasteiger partial charge in [0.2, 0.25) is 0 Å². The van der Waals surface area contributed by atoms with Crippen molar-refractivity contribution in [1.29, 1.82) is 0 Å². The van der Waals surface area contributed by atoms with E-state index in [1.54, 1.807) is 6.07 Å². The quantitative estimate of drug-likeness (QED) is 0.545. The van der Waals surface area contributed by atoms with E-state index in [0.717, 1.165) is 11.1 Å². The van der Waals surface area contributed by atoms with Gasteiger partial charge in [-0.1, -0.05) is 0 Å². The summed E-state index contributed by atoms with van der Waals surface area (Å²) in [6.07, 6.45) is 0. The SMILES string of the molecule is Cc1cc2[nH]c(N)nc2cc1O. The summed E-state index contributed by atoms with van der Waals surface area (Å²) in [6.45, 7) is 1.83. The van der Waals surface area contributed by atoms with Crippen LogP contribution in [0.4, 0.5) is 5.95 Å². The van der Waals surface area contributed by atoms with Gasteiger partial charge in [0.1, 0.15) is 5.75 Å². The zero-order chi connectivity index (χ0) is 8.72. The molecule has 0 aliphatic rings. The van der Waals surface area contributed by atoms with Crippen molar-refractivity contribution in [3.8, 4) is 5.75 Å². The van der Waals surface area contributed by atoms with Crippen LogP contribution in [-0.4, -0.2) is 15.1 Å². The first kappa shape index (κ1) is 6.97. The lowest BCUT2D eigenvalue weighted by Crippen LogP contribution is -1.84. The summed E-state index contributed by atoms with van der Waals surface area (Å²) >= 11 is 0. The van der Waals surface area contributed by atoms with E-state index in [4.69, 9.17) is 5.73 Å². The van der Waals surface area contributed by atoms with E-state index in [1.807, 2.05) is 13.0 Å². The van der Waals surface area contributed by atoms with Crippen LogP contribution in [0.5, 0.6) is 5.75 Å². The third kappa shape index (κ3) is 0.887. The van der Waals surface area contributed by atoms with Gasteiger partial charge in [-0.2, -0.15) is 0 Å². The molecule has 12 heavy (non-hydrogen) atoms. The number of H-pyrrole nitrogens is 1. The van der Waals surface area contributed by atoms with Crippen molar-refractivity contribution in [1.82, 2.24) is 9.97 Å². The second kappa shape index (κ2) is 2.14. The fourth-order valence-corrected chi connectivity index (χ4v) is 1.17. The molecule has 0 atom stereocenters. The fraction of sp³-hybridized carbons (Fsp3) is 0.125. The maximum atomic E-state index is 9.33. The zero-order valence-electron chi connectivity index (χ0n) is 6.63. The molecule has 0 amide bonds. The van der Waals surface area contributed by atoms with Crippen LogP contribution in [0, 0.1) is 6.92 Å². The Hall–Kier alpha value is -1.71. The highest BCUT2D eigenvalue weighted by Gasteiger charge is 2.02. The lowest BCUT2D eigenvalue weighted by atomic mass is 10.2. The number of imidazole rings is 1. The number of nitrogens with one attached hydrogen (secondary N) is 1. The van der Waals surface area contributed by atoms with Crippen molar-refractivity contribution in [2.24, 2.45) is 0 Å². The van der Waals surface area contributed by atoms with Gasteiger partial charge in [0.25, 0.3) is 0 Å². The van der Waals surface area contributed by atoms with Crippen molar-refractivity contribution < 1.29 is 5.11 Å². The number of aromatic nitrogens is 2. The van der Waals surface area contributed by atoms with Crippen LogP contribution < -0.4 is 5.73 Å². The average molecular weight is 163 g/mol. The number of nitrogens with two attached hydrogens (primary N) is 1. The smallest absolute Gasteiger partial charge is 0.198 e. The van der Waals surface area contributed by atoms with Gasteiger partial charge < -0.3 is 15.8 Å². The van der Waals surface area contributed by atoms with Gasteiger partial charge in [-0.15, -0.1) is 0 Å². The predicted molar refractivity (Wildman–Crippen MR) is 46.9 cm³/mol. The second-order valence-corrected chi connectivity index (χ2v) is 2.78. The monoisotopic (exact) mass is 163 g/mol. The minimum Gasteiger partial charge on any atom is -0.508 e. The molecule has 1 aromatic carbocycles. The van der Waals surface area contributed by atoms with E-state index < -0.39 is 0 Å². The van der Waals surface area contributed by atoms with E-state index in [9.17, 15) is 5.11 Å². The Morgan fingerprint density at radius 1 is 1.50 bits per heavy atom. The highest BCUT2D eigenvalue weighted by molar-refractivity contribution is 5.79. The van der Waals surface area contributed by atoms with Crippen molar-refractivity contribution >= 4 is 17.0 Å². The summed E-state index contributed by atoms with van der Waals surface area (Å²) in [5, 5.41) is 9.33. The molecule has 0 aliphatic heterocycles. The van der Waals surface area contributed by atoms with Crippen LogP contribution >= 0.6 is 0 Å². The molecule has 0 saturated carbocycles. The predicted octanol–water partition coefficient (Wildman–Crippen LogP) is 1.16. The summed E-state index contributed by atoms with van der Waals surface area (Å²) in [5.41, 5.74) is 7.79. The summed E-state index contributed by atoms with van der Waals surface area (Å²) < 4.78 is 0. The van der Waals surface area contributed by atoms with Gasteiger partial charge in [0.15, 0.2) is 5.95 Å². The molecule has 0 aliphatic carbocycles. The Kier molecular flexibility index (Phi) is 1.24. The van der Waals surface area contributed by atoms with Gasteiger partial charge in [0.05, 0.1) is 11.0 Å². The van der Waals surface area contributed by atoms with Gasteiger partial charge >= 0.3 is 0 Å². The van der Waals surface area contributed by atoms with Crippen LogP contribution in [0.25, 0.3) is 11.0 Å². The molecule has 0 bridgehead atoms. The van der Waals surface area contributed by atoms with Crippen molar-refractivity contribution in [3.63, 3.8) is 0 Å². The van der Waals surface area contributed by atoms with Gasteiger partial charge in [-0.05, 0) is 18.6 Å². The molecule has 1 aromatic heterocycles. The maximum absolute atomic E-state index is 9.33. The maximum Gasteiger partial charge on any atom is 0.198 e. The number of phenolic OH excluding ortho intramolecular Hbond substituents is 1. The second-order valence-electron chi connectivity index (χ2n) is 2.78. The molecule has 0 spiro atoms. The lowest BCUT2D eigenvalue weighted by Gasteiger charge is -1.95. The van der Waals surface area contributed by atoms with Crippen LogP contribution in [0.2, 0.25) is 0 Å². The number of aromatic amines is 1. The van der Waals surface area contributed by atoms with Crippen molar-refractivity contribution in [2.75, 3.05) is 5.73 Å². The third-order valence-electron chi connectivity index (χ3n) is 1.82. The first-order chi connectivity index (χ1) is 5.66. The molecule has 4 heteroatoms. The minimum absolute atomic E-state index is 0.244. The molecule has 2 rings (SSSR count). The van der Waals surface area contributed by atoms with Gasteiger partial charge in [0, 0.05) is 6.07 Å². The Balaban J connectivity index is 2.83. The Morgan fingerprint density at radius 3 is 3.00 bits per heavy atom. The van der Waals surface area contributed by atoms with E-state index in [0.29, 0.717) is 11.5 Å². The van der Waals surface area contributed by atoms with Crippen LogP contribution in [0.1, 0.15) is 5.56 Å². The molecule has 0 fully saturated rings. The largest absolute Gasteiger partial charge is 0.508 e. The molecular weight excluding hydrogens is 154 g/mol. The fourth-order valence-electron chi connectivity index (χ4n) is 1.17. The number of phenols is 1. The van der Waals surface area contributed by atoms with E-state index >= 15 is 0 Å². The number of hydrogen-bond donors (Lipinski definition) is 3. The zero-order valence-corrected chi connectivity index (χ0v) is 6.63. The molecule has 2 aromatic rings. The Labute approximate surface area is 69.0 Å². The molecule has 0 saturated heterocycles. The molecule has 62 valence electrons. The number of aromatic hydroxyl groups is 1. The highest BCUT2D eigenvalue weighted by Crippen LogP contribution is 2.22. The van der Waals surface area contributed by atoms with E-state index in [-0.39, 0.29) is 5.75 Å². The number of nitrogens with zero attached hydrogens (tertiary/aromatic N) is 1. The molecule has 0 unspecified atom stereocenters. The summed E-state index contributed by atoms with van der Waals surface area (Å²) in [5.74, 6) is 0.615. The number of fused-ring (bicyclic) bond motifs is 1. The summed E-state index contributed by atoms with van der Waals surface area (Å²) in [4.78, 5) is 6.86. The lowest BCUT2D eigenvalue weighted by molar-refractivity contribution is 0.472. The van der Waals surface area contributed by atoms with Gasteiger partial charge in [-0.3, -0.25) is 0 Å². The number of aryl methyl sites for hydroxylation is 1. The number of benzene rings is 1. The topological polar surface area (TPSA) is 74.9 Å².